The fourth-order valence-electron chi connectivity index (χ4n) is 2.05. The molecule has 0 aliphatic heterocycles. The molecular formula is C12H16N2O3. The predicted octanol–water partition coefficient (Wildman–Crippen LogP) is 2.07. The minimum absolute atomic E-state index is 0.0470. The summed E-state index contributed by atoms with van der Waals surface area (Å²) in [5.41, 5.74) is 5.73. The van der Waals surface area contributed by atoms with Gasteiger partial charge < -0.3 is 15.6 Å². The van der Waals surface area contributed by atoms with Crippen LogP contribution in [0.4, 0.5) is 5.69 Å². The molecule has 1 heterocycles. The monoisotopic (exact) mass is 236 g/mol. The molecule has 1 fully saturated rings. The van der Waals surface area contributed by atoms with Crippen LogP contribution in [0.1, 0.15) is 42.5 Å². The van der Waals surface area contributed by atoms with Crippen LogP contribution in [0.2, 0.25) is 0 Å². The highest BCUT2D eigenvalue weighted by atomic mass is 16.5. The number of aromatic nitrogens is 1. The summed E-state index contributed by atoms with van der Waals surface area (Å²) in [5.74, 6) is -0.707. The fraction of sp³-hybridized carbons (Fsp3) is 0.500. The maximum absolute atomic E-state index is 10.9. The largest absolute Gasteiger partial charge is 0.478 e. The molecule has 3 N–H and O–H groups in total. The van der Waals surface area contributed by atoms with Crippen molar-refractivity contribution in [3.63, 3.8) is 0 Å². The van der Waals surface area contributed by atoms with Crippen LogP contribution in [0.15, 0.2) is 12.3 Å². The van der Waals surface area contributed by atoms with Gasteiger partial charge >= 0.3 is 5.97 Å². The molecule has 0 atom stereocenters. The maximum Gasteiger partial charge on any atom is 0.338 e. The Morgan fingerprint density at radius 1 is 1.41 bits per heavy atom. The van der Waals surface area contributed by atoms with Gasteiger partial charge in [0, 0.05) is 6.07 Å². The van der Waals surface area contributed by atoms with Gasteiger partial charge in [-0.25, -0.2) is 9.78 Å². The lowest BCUT2D eigenvalue weighted by atomic mass is 9.98. The van der Waals surface area contributed by atoms with Crippen molar-refractivity contribution in [3.8, 4) is 5.88 Å². The van der Waals surface area contributed by atoms with Crippen LogP contribution >= 0.6 is 0 Å². The summed E-state index contributed by atoms with van der Waals surface area (Å²) in [6.07, 6.45) is 7.07. The van der Waals surface area contributed by atoms with Crippen molar-refractivity contribution in [1.82, 2.24) is 4.98 Å². The highest BCUT2D eigenvalue weighted by Crippen LogP contribution is 2.24. The molecule has 2 rings (SSSR count). The Labute approximate surface area is 99.6 Å². The third kappa shape index (κ3) is 2.87. The van der Waals surface area contributed by atoms with E-state index in [1.54, 1.807) is 0 Å². The van der Waals surface area contributed by atoms with Gasteiger partial charge in [0.05, 0.1) is 17.4 Å². The molecule has 1 aromatic rings. The van der Waals surface area contributed by atoms with E-state index >= 15 is 0 Å². The lowest BCUT2D eigenvalue weighted by molar-refractivity contribution is 0.0696. The zero-order valence-electron chi connectivity index (χ0n) is 9.56. The standard InChI is InChI=1S/C12H16N2O3/c13-10-7-14-11(6-9(10)12(15)16)17-8-4-2-1-3-5-8/h6-8H,1-5,13H2,(H,15,16). The summed E-state index contributed by atoms with van der Waals surface area (Å²) >= 11 is 0. The molecule has 1 saturated carbocycles. The first kappa shape index (κ1) is 11.7. The van der Waals surface area contributed by atoms with Crippen LogP contribution < -0.4 is 10.5 Å². The normalized spacial score (nSPS) is 16.7. The average Bonchev–Trinajstić information content (AvgIpc) is 2.32. The van der Waals surface area contributed by atoms with E-state index in [1.165, 1.54) is 18.7 Å². The Balaban J connectivity index is 2.10. The Morgan fingerprint density at radius 3 is 2.76 bits per heavy atom. The van der Waals surface area contributed by atoms with Crippen molar-refractivity contribution in [2.45, 2.75) is 38.2 Å². The van der Waals surface area contributed by atoms with Crippen LogP contribution in [0, 0.1) is 0 Å². The Bertz CT molecular complexity index is 414. The first-order valence-electron chi connectivity index (χ1n) is 5.82. The summed E-state index contributed by atoms with van der Waals surface area (Å²) in [7, 11) is 0. The average molecular weight is 236 g/mol. The van der Waals surface area contributed by atoms with Crippen molar-refractivity contribution < 1.29 is 14.6 Å². The minimum Gasteiger partial charge on any atom is -0.478 e. The number of carbonyl (C=O) groups is 1. The van der Waals surface area contributed by atoms with Gasteiger partial charge in [-0.2, -0.15) is 0 Å². The number of pyridine rings is 1. The Kier molecular flexibility index (Phi) is 3.46. The molecule has 0 aromatic carbocycles. The molecule has 1 aliphatic carbocycles. The van der Waals surface area contributed by atoms with Gasteiger partial charge in [0.1, 0.15) is 6.10 Å². The second kappa shape index (κ2) is 5.03. The SMILES string of the molecule is Nc1cnc(OC2CCCCC2)cc1C(=O)O. The quantitative estimate of drug-likeness (QED) is 0.839. The number of aromatic carboxylic acids is 1. The molecule has 1 aromatic heterocycles. The number of nitrogens with zero attached hydrogens (tertiary/aromatic N) is 1. The number of hydrogen-bond acceptors (Lipinski definition) is 4. The van der Waals surface area contributed by atoms with E-state index in [1.807, 2.05) is 0 Å². The molecule has 5 heteroatoms. The van der Waals surface area contributed by atoms with Crippen molar-refractivity contribution in [3.05, 3.63) is 17.8 Å². The minimum atomic E-state index is -1.06. The summed E-state index contributed by atoms with van der Waals surface area (Å²) in [6, 6.07) is 1.40. The first-order valence-corrected chi connectivity index (χ1v) is 5.82. The molecule has 0 bridgehead atoms. The number of carboxylic acid groups (broad SMARTS) is 1. The van der Waals surface area contributed by atoms with Crippen LogP contribution in [0.25, 0.3) is 0 Å². The molecule has 1 aliphatic rings. The van der Waals surface area contributed by atoms with Gasteiger partial charge in [-0.15, -0.1) is 0 Å². The molecule has 17 heavy (non-hydrogen) atoms. The topological polar surface area (TPSA) is 85.4 Å². The molecule has 0 radical (unpaired) electrons. The number of hydrogen-bond donors (Lipinski definition) is 2. The van der Waals surface area contributed by atoms with E-state index in [4.69, 9.17) is 15.6 Å². The van der Waals surface area contributed by atoms with E-state index in [0.29, 0.717) is 5.88 Å². The van der Waals surface area contributed by atoms with E-state index < -0.39 is 5.97 Å². The van der Waals surface area contributed by atoms with Crippen LogP contribution in [0.3, 0.4) is 0 Å². The van der Waals surface area contributed by atoms with Crippen molar-refractivity contribution >= 4 is 11.7 Å². The summed E-state index contributed by atoms with van der Waals surface area (Å²) in [6.45, 7) is 0. The predicted molar refractivity (Wildman–Crippen MR) is 63.1 cm³/mol. The maximum atomic E-state index is 10.9. The number of nitrogen functional groups attached to an aromatic ring is 1. The zero-order valence-corrected chi connectivity index (χ0v) is 9.56. The van der Waals surface area contributed by atoms with E-state index in [2.05, 4.69) is 4.98 Å². The second-order valence-corrected chi connectivity index (χ2v) is 4.29. The zero-order chi connectivity index (χ0) is 12.3. The van der Waals surface area contributed by atoms with Crippen LogP contribution in [-0.4, -0.2) is 22.2 Å². The highest BCUT2D eigenvalue weighted by molar-refractivity contribution is 5.93. The molecule has 0 amide bonds. The van der Waals surface area contributed by atoms with Gasteiger partial charge in [0.15, 0.2) is 0 Å². The number of ether oxygens (including phenoxy) is 1. The Morgan fingerprint density at radius 2 is 2.12 bits per heavy atom. The third-order valence-electron chi connectivity index (χ3n) is 2.98. The van der Waals surface area contributed by atoms with Gasteiger partial charge in [-0.05, 0) is 25.7 Å². The van der Waals surface area contributed by atoms with Gasteiger partial charge in [0.2, 0.25) is 5.88 Å². The Hall–Kier alpha value is -1.78. The highest BCUT2D eigenvalue weighted by Gasteiger charge is 2.17. The third-order valence-corrected chi connectivity index (χ3v) is 2.98. The number of rotatable bonds is 3. The molecule has 0 spiro atoms. The van der Waals surface area contributed by atoms with Gasteiger partial charge in [0.25, 0.3) is 0 Å². The summed E-state index contributed by atoms with van der Waals surface area (Å²) in [5, 5.41) is 8.93. The first-order chi connectivity index (χ1) is 8.16. The lowest BCUT2D eigenvalue weighted by Crippen LogP contribution is -2.20. The van der Waals surface area contributed by atoms with Crippen molar-refractivity contribution in [2.75, 3.05) is 5.73 Å². The number of carboxylic acids is 1. The molecular weight excluding hydrogens is 220 g/mol. The number of nitrogens with two attached hydrogens (primary N) is 1. The number of anilines is 1. The van der Waals surface area contributed by atoms with Crippen molar-refractivity contribution in [1.29, 1.82) is 0 Å². The fourth-order valence-corrected chi connectivity index (χ4v) is 2.05. The summed E-state index contributed by atoms with van der Waals surface area (Å²) < 4.78 is 5.67. The smallest absolute Gasteiger partial charge is 0.338 e. The van der Waals surface area contributed by atoms with E-state index in [-0.39, 0.29) is 17.4 Å². The van der Waals surface area contributed by atoms with E-state index in [0.717, 1.165) is 25.7 Å². The van der Waals surface area contributed by atoms with E-state index in [9.17, 15) is 4.79 Å². The lowest BCUT2D eigenvalue weighted by Gasteiger charge is -2.22. The molecule has 5 nitrogen and oxygen atoms in total. The summed E-state index contributed by atoms with van der Waals surface area (Å²) in [4.78, 5) is 14.9. The van der Waals surface area contributed by atoms with Crippen molar-refractivity contribution in [2.24, 2.45) is 0 Å². The molecule has 0 unspecified atom stereocenters. The molecule has 0 saturated heterocycles. The molecule has 92 valence electrons. The van der Waals surface area contributed by atoms with Crippen LogP contribution in [0.5, 0.6) is 5.88 Å². The van der Waals surface area contributed by atoms with Crippen LogP contribution in [-0.2, 0) is 0 Å². The van der Waals surface area contributed by atoms with Gasteiger partial charge in [-0.1, -0.05) is 6.42 Å². The second-order valence-electron chi connectivity index (χ2n) is 4.29. The van der Waals surface area contributed by atoms with Gasteiger partial charge in [-0.3, -0.25) is 0 Å².